The van der Waals surface area contributed by atoms with Crippen LogP contribution in [0.1, 0.15) is 31.2 Å². The summed E-state index contributed by atoms with van der Waals surface area (Å²) in [4.78, 5) is 8.40. The Morgan fingerprint density at radius 2 is 2.00 bits per heavy atom. The molecule has 0 bridgehead atoms. The summed E-state index contributed by atoms with van der Waals surface area (Å²) in [6, 6.07) is 13.5. The van der Waals surface area contributed by atoms with Crippen molar-refractivity contribution >= 4 is 29.1 Å². The lowest BCUT2D eigenvalue weighted by Crippen LogP contribution is -2.49. The van der Waals surface area contributed by atoms with Gasteiger partial charge in [-0.1, -0.05) is 18.2 Å². The summed E-state index contributed by atoms with van der Waals surface area (Å²) < 4.78 is 0.336. The van der Waals surface area contributed by atoms with E-state index in [0.29, 0.717) is 10.8 Å². The molecule has 2 aromatic rings. The number of rotatable bonds is 7. The van der Waals surface area contributed by atoms with Crippen molar-refractivity contribution in [2.24, 2.45) is 4.99 Å². The topological polar surface area (TPSA) is 39.7 Å². The number of guanidine groups is 1. The number of benzene rings is 1. The van der Waals surface area contributed by atoms with Gasteiger partial charge in [0.25, 0.3) is 0 Å². The quantitative estimate of drug-likeness (QED) is 0.526. The molecule has 0 unspecified atom stereocenters. The van der Waals surface area contributed by atoms with Crippen molar-refractivity contribution in [1.29, 1.82) is 0 Å². The smallest absolute Gasteiger partial charge is 0.191 e. The number of piperidine rings is 1. The molecule has 1 saturated heterocycles. The fraction of sp³-hybridized carbons (Fsp3) is 0.500. The van der Waals surface area contributed by atoms with Gasteiger partial charge in [0.15, 0.2) is 5.96 Å². The second-order valence-electron chi connectivity index (χ2n) is 7.85. The van der Waals surface area contributed by atoms with E-state index < -0.39 is 0 Å². The molecule has 4 rings (SSSR count). The van der Waals surface area contributed by atoms with Gasteiger partial charge in [-0.25, -0.2) is 0 Å². The summed E-state index contributed by atoms with van der Waals surface area (Å²) >= 11 is 3.79. The molecule has 2 heterocycles. The molecule has 2 aliphatic rings. The molecule has 1 saturated carbocycles. The van der Waals surface area contributed by atoms with Crippen molar-refractivity contribution in [3.8, 4) is 0 Å². The fourth-order valence-corrected chi connectivity index (χ4v) is 5.61. The Balaban J connectivity index is 1.20. The number of thiophene rings is 1. The van der Waals surface area contributed by atoms with Gasteiger partial charge >= 0.3 is 0 Å². The Morgan fingerprint density at radius 1 is 1.21 bits per heavy atom. The van der Waals surface area contributed by atoms with Crippen LogP contribution in [0.3, 0.4) is 0 Å². The fourth-order valence-electron chi connectivity index (χ4n) is 3.70. The third kappa shape index (κ3) is 5.52. The second kappa shape index (κ2) is 9.33. The molecule has 150 valence electrons. The Bertz CT molecular complexity index is 748. The number of nitrogens with one attached hydrogen (secondary N) is 2. The minimum atomic E-state index is 0.336. The van der Waals surface area contributed by atoms with E-state index >= 15 is 0 Å². The predicted molar refractivity (Wildman–Crippen MR) is 121 cm³/mol. The van der Waals surface area contributed by atoms with Crippen molar-refractivity contribution < 1.29 is 0 Å². The number of thioether (sulfide) groups is 1. The van der Waals surface area contributed by atoms with Gasteiger partial charge in [0.05, 0.1) is 0 Å². The van der Waals surface area contributed by atoms with E-state index in [2.05, 4.69) is 67.7 Å². The summed E-state index contributed by atoms with van der Waals surface area (Å²) in [5, 5.41) is 11.7. The zero-order valence-corrected chi connectivity index (χ0v) is 18.2. The van der Waals surface area contributed by atoms with Crippen molar-refractivity contribution in [2.45, 2.75) is 47.9 Å². The van der Waals surface area contributed by atoms with Gasteiger partial charge in [-0.15, -0.1) is 11.8 Å². The molecule has 1 aromatic heterocycles. The maximum absolute atomic E-state index is 4.47. The third-order valence-electron chi connectivity index (χ3n) is 5.60. The maximum Gasteiger partial charge on any atom is 0.191 e. The lowest BCUT2D eigenvalue weighted by atomic mass is 10.0. The first kappa shape index (κ1) is 19.8. The summed E-state index contributed by atoms with van der Waals surface area (Å²) in [5.74, 6) is 0.955. The van der Waals surface area contributed by atoms with Crippen LogP contribution in [-0.4, -0.2) is 48.3 Å². The van der Waals surface area contributed by atoms with Crippen LogP contribution < -0.4 is 10.6 Å². The normalized spacial score (nSPS) is 20.1. The minimum absolute atomic E-state index is 0.336. The largest absolute Gasteiger partial charge is 0.355 e. The molecule has 0 atom stereocenters. The molecule has 0 radical (unpaired) electrons. The van der Waals surface area contributed by atoms with Gasteiger partial charge in [0.1, 0.15) is 0 Å². The Labute approximate surface area is 176 Å². The van der Waals surface area contributed by atoms with Gasteiger partial charge in [0.2, 0.25) is 0 Å². The standard InChI is InChI=1S/C22H30N4S2/c1-23-21(24-17-22(10-11-22)28-20-5-3-2-4-6-20)25-19-7-12-26(13-8-19)15-18-9-14-27-16-18/h2-6,9,14,16,19H,7-8,10-13,15,17H2,1H3,(H2,23,24,25). The third-order valence-corrected chi connectivity index (χ3v) is 7.83. The molecule has 0 spiro atoms. The Morgan fingerprint density at radius 3 is 2.64 bits per heavy atom. The van der Waals surface area contributed by atoms with Crippen molar-refractivity contribution in [1.82, 2.24) is 15.5 Å². The Hall–Kier alpha value is -1.50. The van der Waals surface area contributed by atoms with E-state index in [0.717, 1.165) is 32.1 Å². The second-order valence-corrected chi connectivity index (χ2v) is 10.2. The number of aliphatic imine (C=N–C) groups is 1. The van der Waals surface area contributed by atoms with Gasteiger partial charge in [-0.05, 0) is 60.2 Å². The molecule has 1 aliphatic carbocycles. The van der Waals surface area contributed by atoms with E-state index in [1.165, 1.54) is 36.1 Å². The van der Waals surface area contributed by atoms with Crippen LogP contribution in [0.5, 0.6) is 0 Å². The molecule has 0 amide bonds. The van der Waals surface area contributed by atoms with Crippen LogP contribution in [0.25, 0.3) is 0 Å². The van der Waals surface area contributed by atoms with Gasteiger partial charge in [-0.2, -0.15) is 11.3 Å². The lowest BCUT2D eigenvalue weighted by Gasteiger charge is -2.33. The predicted octanol–water partition coefficient (Wildman–Crippen LogP) is 4.20. The van der Waals surface area contributed by atoms with E-state index in [-0.39, 0.29) is 0 Å². The van der Waals surface area contributed by atoms with Crippen LogP contribution in [0.15, 0.2) is 57.0 Å². The molecule has 1 aromatic carbocycles. The zero-order valence-electron chi connectivity index (χ0n) is 16.6. The summed E-state index contributed by atoms with van der Waals surface area (Å²) in [7, 11) is 1.88. The average Bonchev–Trinajstić information content (AvgIpc) is 3.29. The average molecular weight is 415 g/mol. The highest BCUT2D eigenvalue weighted by Crippen LogP contribution is 2.51. The first-order valence-electron chi connectivity index (χ1n) is 10.2. The van der Waals surface area contributed by atoms with E-state index in [4.69, 9.17) is 0 Å². The summed E-state index contributed by atoms with van der Waals surface area (Å²) in [6.07, 6.45) is 4.90. The first-order valence-corrected chi connectivity index (χ1v) is 12.0. The maximum atomic E-state index is 4.47. The van der Waals surface area contributed by atoms with E-state index in [1.54, 1.807) is 11.3 Å². The number of likely N-dealkylation sites (tertiary alicyclic amines) is 1. The van der Waals surface area contributed by atoms with Crippen LogP contribution in [0, 0.1) is 0 Å². The molecule has 4 nitrogen and oxygen atoms in total. The van der Waals surface area contributed by atoms with E-state index in [1.807, 2.05) is 18.8 Å². The van der Waals surface area contributed by atoms with Crippen LogP contribution >= 0.6 is 23.1 Å². The molecule has 1 aliphatic heterocycles. The molecule has 6 heteroatoms. The molecule has 2 fully saturated rings. The van der Waals surface area contributed by atoms with Crippen molar-refractivity contribution in [3.05, 3.63) is 52.7 Å². The van der Waals surface area contributed by atoms with Crippen molar-refractivity contribution in [2.75, 3.05) is 26.7 Å². The van der Waals surface area contributed by atoms with Crippen LogP contribution in [0.4, 0.5) is 0 Å². The van der Waals surface area contributed by atoms with Crippen LogP contribution in [0.2, 0.25) is 0 Å². The molecular weight excluding hydrogens is 384 g/mol. The minimum Gasteiger partial charge on any atom is -0.355 e. The van der Waals surface area contributed by atoms with E-state index in [9.17, 15) is 0 Å². The monoisotopic (exact) mass is 414 g/mol. The highest BCUT2D eigenvalue weighted by atomic mass is 32.2. The summed E-state index contributed by atoms with van der Waals surface area (Å²) in [5.41, 5.74) is 1.44. The van der Waals surface area contributed by atoms with Gasteiger partial charge in [-0.3, -0.25) is 9.89 Å². The lowest BCUT2D eigenvalue weighted by molar-refractivity contribution is 0.198. The Kier molecular flexibility index (Phi) is 6.60. The summed E-state index contributed by atoms with van der Waals surface area (Å²) in [6.45, 7) is 4.36. The SMILES string of the molecule is CN=C(NCC1(Sc2ccccc2)CC1)NC1CCN(Cc2ccsc2)CC1. The van der Waals surface area contributed by atoms with Crippen molar-refractivity contribution in [3.63, 3.8) is 0 Å². The van der Waals surface area contributed by atoms with Crippen LogP contribution in [-0.2, 0) is 6.54 Å². The highest BCUT2D eigenvalue weighted by Gasteiger charge is 2.43. The molecule has 2 N–H and O–H groups in total. The molecule has 28 heavy (non-hydrogen) atoms. The zero-order chi connectivity index (χ0) is 19.2. The highest BCUT2D eigenvalue weighted by molar-refractivity contribution is 8.01. The molecular formula is C22H30N4S2. The number of hydrogen-bond donors (Lipinski definition) is 2. The number of hydrogen-bond acceptors (Lipinski definition) is 4. The number of nitrogens with zero attached hydrogens (tertiary/aromatic N) is 2. The van der Waals surface area contributed by atoms with Gasteiger partial charge in [0, 0.05) is 48.9 Å². The van der Waals surface area contributed by atoms with Gasteiger partial charge < -0.3 is 10.6 Å². The first-order chi connectivity index (χ1) is 13.7.